The summed E-state index contributed by atoms with van der Waals surface area (Å²) >= 11 is 0. The molecular formula is C6H12N2O4. The van der Waals surface area contributed by atoms with Gasteiger partial charge in [-0.1, -0.05) is 6.92 Å². The highest BCUT2D eigenvalue weighted by atomic mass is 16.6. The van der Waals surface area contributed by atoms with Crippen molar-refractivity contribution in [3.05, 3.63) is 10.1 Å². The van der Waals surface area contributed by atoms with Crippen molar-refractivity contribution in [3.8, 4) is 0 Å². The van der Waals surface area contributed by atoms with Gasteiger partial charge in [-0.15, -0.1) is 0 Å². The van der Waals surface area contributed by atoms with E-state index in [1.165, 1.54) is 14.0 Å². The minimum atomic E-state index is -0.916. The quantitative estimate of drug-likeness (QED) is 0.350. The van der Waals surface area contributed by atoms with Crippen molar-refractivity contribution in [1.29, 1.82) is 0 Å². The number of methoxy groups -OCH3 is 1. The molecule has 6 nitrogen and oxygen atoms in total. The van der Waals surface area contributed by atoms with Crippen LogP contribution in [0.4, 0.5) is 0 Å². The molecule has 0 aliphatic heterocycles. The molecular weight excluding hydrogens is 164 g/mol. The van der Waals surface area contributed by atoms with Crippen LogP contribution in [0, 0.1) is 16.0 Å². The van der Waals surface area contributed by atoms with Crippen molar-refractivity contribution >= 4 is 5.97 Å². The van der Waals surface area contributed by atoms with Gasteiger partial charge >= 0.3 is 5.97 Å². The first-order chi connectivity index (χ1) is 5.49. The monoisotopic (exact) mass is 176 g/mol. The van der Waals surface area contributed by atoms with Crippen LogP contribution in [0.25, 0.3) is 0 Å². The summed E-state index contributed by atoms with van der Waals surface area (Å²) in [6, 6.07) is -0.916. The Morgan fingerprint density at radius 2 is 2.25 bits per heavy atom. The van der Waals surface area contributed by atoms with E-state index in [9.17, 15) is 14.9 Å². The van der Waals surface area contributed by atoms with Crippen molar-refractivity contribution in [2.45, 2.75) is 13.0 Å². The summed E-state index contributed by atoms with van der Waals surface area (Å²) in [7, 11) is 1.20. The number of nitro groups is 1. The minimum Gasteiger partial charge on any atom is -0.468 e. The predicted molar refractivity (Wildman–Crippen MR) is 41.0 cm³/mol. The Morgan fingerprint density at radius 3 is 2.58 bits per heavy atom. The maximum absolute atomic E-state index is 10.8. The van der Waals surface area contributed by atoms with Crippen molar-refractivity contribution in [2.24, 2.45) is 11.7 Å². The second-order valence-corrected chi connectivity index (χ2v) is 2.54. The van der Waals surface area contributed by atoms with Crippen LogP contribution in [-0.2, 0) is 9.53 Å². The summed E-state index contributed by atoms with van der Waals surface area (Å²) in [5, 5.41) is 10.0. The Balaban J connectivity index is 4.00. The van der Waals surface area contributed by atoms with Crippen LogP contribution in [0.2, 0.25) is 0 Å². The normalized spacial score (nSPS) is 14.9. The van der Waals surface area contributed by atoms with E-state index < -0.39 is 22.9 Å². The molecule has 0 spiro atoms. The van der Waals surface area contributed by atoms with E-state index >= 15 is 0 Å². The third kappa shape index (κ3) is 3.29. The summed E-state index contributed by atoms with van der Waals surface area (Å²) < 4.78 is 4.33. The zero-order valence-corrected chi connectivity index (χ0v) is 7.02. The fourth-order valence-electron chi connectivity index (χ4n) is 0.717. The number of carbonyl (C=O) groups excluding carboxylic acids is 1. The van der Waals surface area contributed by atoms with Gasteiger partial charge in [-0.05, 0) is 0 Å². The van der Waals surface area contributed by atoms with E-state index in [2.05, 4.69) is 4.74 Å². The number of rotatable bonds is 4. The molecule has 0 fully saturated rings. The van der Waals surface area contributed by atoms with Crippen LogP contribution in [0.1, 0.15) is 6.92 Å². The molecule has 0 aromatic rings. The van der Waals surface area contributed by atoms with Crippen LogP contribution in [0.3, 0.4) is 0 Å². The molecule has 0 amide bonds. The van der Waals surface area contributed by atoms with E-state index in [-0.39, 0.29) is 6.54 Å². The Bertz CT molecular complexity index is 182. The van der Waals surface area contributed by atoms with Gasteiger partial charge in [-0.2, -0.15) is 0 Å². The third-order valence-electron chi connectivity index (χ3n) is 1.52. The van der Waals surface area contributed by atoms with Gasteiger partial charge in [0.25, 0.3) is 0 Å². The number of carbonyl (C=O) groups is 1. The van der Waals surface area contributed by atoms with Crippen molar-refractivity contribution in [1.82, 2.24) is 0 Å². The number of nitrogens with zero attached hydrogens (tertiary/aromatic N) is 1. The first-order valence-electron chi connectivity index (χ1n) is 3.44. The number of ether oxygens (including phenoxy) is 1. The zero-order valence-electron chi connectivity index (χ0n) is 7.02. The van der Waals surface area contributed by atoms with Gasteiger partial charge in [-0.3, -0.25) is 14.9 Å². The molecule has 0 aromatic carbocycles. The summed E-state index contributed by atoms with van der Waals surface area (Å²) in [5.74, 6) is -1.13. The summed E-state index contributed by atoms with van der Waals surface area (Å²) in [6.07, 6.45) is 0. The van der Waals surface area contributed by atoms with Crippen LogP contribution in [0.15, 0.2) is 0 Å². The van der Waals surface area contributed by atoms with E-state index in [0.717, 1.165) is 0 Å². The third-order valence-corrected chi connectivity index (χ3v) is 1.52. The van der Waals surface area contributed by atoms with Gasteiger partial charge in [-0.25, -0.2) is 0 Å². The number of nitrogens with two attached hydrogens (primary N) is 1. The average molecular weight is 176 g/mol. The minimum absolute atomic E-state index is 0.323. The lowest BCUT2D eigenvalue weighted by molar-refractivity contribution is -0.487. The smallest absolute Gasteiger partial charge is 0.323 e. The molecule has 0 saturated carbocycles. The van der Waals surface area contributed by atoms with Gasteiger partial charge < -0.3 is 10.5 Å². The SMILES string of the molecule is COC(=O)[C@H](N)[C@H](C)C[N+](=O)[O-]. The molecule has 12 heavy (non-hydrogen) atoms. The van der Waals surface area contributed by atoms with Crippen LogP contribution < -0.4 is 5.73 Å². The van der Waals surface area contributed by atoms with Crippen LogP contribution in [-0.4, -0.2) is 30.6 Å². The highest BCUT2D eigenvalue weighted by Gasteiger charge is 2.25. The lowest BCUT2D eigenvalue weighted by atomic mass is 10.0. The van der Waals surface area contributed by atoms with Crippen molar-refractivity contribution in [3.63, 3.8) is 0 Å². The van der Waals surface area contributed by atoms with Gasteiger partial charge in [0.2, 0.25) is 6.54 Å². The Morgan fingerprint density at radius 1 is 1.75 bits per heavy atom. The molecule has 2 atom stereocenters. The van der Waals surface area contributed by atoms with Gasteiger partial charge in [0.05, 0.1) is 7.11 Å². The van der Waals surface area contributed by atoms with E-state index in [0.29, 0.717) is 0 Å². The molecule has 0 heterocycles. The molecule has 2 N–H and O–H groups in total. The second kappa shape index (κ2) is 4.66. The Kier molecular flexibility index (Phi) is 4.20. The maximum Gasteiger partial charge on any atom is 0.323 e. The Labute approximate surface area is 69.8 Å². The molecule has 0 rings (SSSR count). The standard InChI is InChI=1S/C6H12N2O4/c1-4(3-8(10)11)5(7)6(9)12-2/h4-5H,3,7H2,1-2H3/t4-,5-/m1/s1. The molecule has 6 heteroatoms. The van der Waals surface area contributed by atoms with Gasteiger partial charge in [0.1, 0.15) is 6.04 Å². The lowest BCUT2D eigenvalue weighted by Crippen LogP contribution is -2.40. The number of hydrogen-bond donors (Lipinski definition) is 1. The summed E-state index contributed by atoms with van der Waals surface area (Å²) in [5.41, 5.74) is 5.34. The highest BCUT2D eigenvalue weighted by molar-refractivity contribution is 5.75. The molecule has 0 saturated heterocycles. The molecule has 0 aliphatic carbocycles. The van der Waals surface area contributed by atoms with Crippen molar-refractivity contribution in [2.75, 3.05) is 13.7 Å². The summed E-state index contributed by atoms with van der Waals surface area (Å²) in [4.78, 5) is 20.3. The van der Waals surface area contributed by atoms with Crippen LogP contribution in [0.5, 0.6) is 0 Å². The first kappa shape index (κ1) is 10.8. The highest BCUT2D eigenvalue weighted by Crippen LogP contribution is 2.01. The van der Waals surface area contributed by atoms with Gasteiger partial charge in [0, 0.05) is 10.8 Å². The van der Waals surface area contributed by atoms with E-state index in [1.54, 1.807) is 0 Å². The predicted octanol–water partition coefficient (Wildman–Crippen LogP) is -0.600. The average Bonchev–Trinajstić information content (AvgIpc) is 2.00. The Hall–Kier alpha value is -1.17. The molecule has 0 unspecified atom stereocenters. The molecule has 0 aromatic heterocycles. The maximum atomic E-state index is 10.8. The fraction of sp³-hybridized carbons (Fsp3) is 0.833. The molecule has 0 radical (unpaired) electrons. The molecule has 0 aliphatic rings. The lowest BCUT2D eigenvalue weighted by Gasteiger charge is -2.12. The van der Waals surface area contributed by atoms with Crippen molar-refractivity contribution < 1.29 is 14.5 Å². The molecule has 0 bridgehead atoms. The molecule has 70 valence electrons. The first-order valence-corrected chi connectivity index (χ1v) is 3.44. The number of esters is 1. The topological polar surface area (TPSA) is 95.5 Å². The summed E-state index contributed by atoms with van der Waals surface area (Å²) in [6.45, 7) is 1.21. The van der Waals surface area contributed by atoms with Gasteiger partial charge in [0.15, 0.2) is 0 Å². The second-order valence-electron chi connectivity index (χ2n) is 2.54. The zero-order chi connectivity index (χ0) is 9.72. The largest absolute Gasteiger partial charge is 0.468 e. The van der Waals surface area contributed by atoms with E-state index in [1.807, 2.05) is 0 Å². The fourth-order valence-corrected chi connectivity index (χ4v) is 0.717. The number of hydrogen-bond acceptors (Lipinski definition) is 5. The van der Waals surface area contributed by atoms with Crippen LogP contribution >= 0.6 is 0 Å². The van der Waals surface area contributed by atoms with E-state index in [4.69, 9.17) is 5.73 Å².